The van der Waals surface area contributed by atoms with E-state index in [0.29, 0.717) is 11.3 Å². The maximum absolute atomic E-state index is 12.8. The summed E-state index contributed by atoms with van der Waals surface area (Å²) in [5.74, 6) is -0.699. The fourth-order valence-electron chi connectivity index (χ4n) is 1.76. The number of rotatable bonds is 4. The molecule has 2 aromatic carbocycles. The molecule has 0 spiro atoms. The van der Waals surface area contributed by atoms with Crippen LogP contribution in [0.25, 0.3) is 6.08 Å². The van der Waals surface area contributed by atoms with Crippen molar-refractivity contribution in [2.24, 2.45) is 0 Å². The zero-order valence-electron chi connectivity index (χ0n) is 11.5. The number of amides is 1. The maximum atomic E-state index is 12.8. The van der Waals surface area contributed by atoms with Crippen molar-refractivity contribution in [1.29, 1.82) is 0 Å². The highest BCUT2D eigenvalue weighted by atomic mass is 19.1. The Morgan fingerprint density at radius 2 is 1.62 bits per heavy atom. The minimum Gasteiger partial charge on any atom is -0.326 e. The molecule has 3 nitrogen and oxygen atoms in total. The summed E-state index contributed by atoms with van der Waals surface area (Å²) >= 11 is 0. The number of hydrogen-bond acceptors (Lipinski definition) is 2. The number of benzene rings is 2. The maximum Gasteiger partial charge on any atom is 0.221 e. The summed E-state index contributed by atoms with van der Waals surface area (Å²) < 4.78 is 12.8. The van der Waals surface area contributed by atoms with Crippen LogP contribution in [0.2, 0.25) is 0 Å². The van der Waals surface area contributed by atoms with Gasteiger partial charge in [-0.15, -0.1) is 0 Å². The Hall–Kier alpha value is -2.75. The van der Waals surface area contributed by atoms with Crippen molar-refractivity contribution in [2.45, 2.75) is 6.92 Å². The summed E-state index contributed by atoms with van der Waals surface area (Å²) in [7, 11) is 0. The van der Waals surface area contributed by atoms with Gasteiger partial charge >= 0.3 is 0 Å². The normalized spacial score (nSPS) is 10.6. The lowest BCUT2D eigenvalue weighted by Gasteiger charge is -2.01. The van der Waals surface area contributed by atoms with Crippen LogP contribution in [-0.2, 0) is 4.79 Å². The molecule has 21 heavy (non-hydrogen) atoms. The number of hydrogen-bond donors (Lipinski definition) is 1. The van der Waals surface area contributed by atoms with E-state index in [4.69, 9.17) is 0 Å². The number of allylic oxidation sites excluding steroid dienone is 1. The standard InChI is InChI=1S/C17H14FNO2/c1-12(20)19-16-9-2-13(3-10-16)4-11-17(21)14-5-7-15(18)8-6-14/h2-11H,1H3,(H,19,20). The lowest BCUT2D eigenvalue weighted by molar-refractivity contribution is -0.114. The number of anilines is 1. The Balaban J connectivity index is 2.05. The molecule has 0 fully saturated rings. The van der Waals surface area contributed by atoms with E-state index in [2.05, 4.69) is 5.32 Å². The van der Waals surface area contributed by atoms with E-state index < -0.39 is 0 Å². The number of ketones is 1. The lowest BCUT2D eigenvalue weighted by atomic mass is 10.1. The first kappa shape index (κ1) is 14.7. The fourth-order valence-corrected chi connectivity index (χ4v) is 1.76. The van der Waals surface area contributed by atoms with E-state index >= 15 is 0 Å². The molecule has 0 unspecified atom stereocenters. The Morgan fingerprint density at radius 1 is 1.00 bits per heavy atom. The van der Waals surface area contributed by atoms with Gasteiger partial charge in [-0.25, -0.2) is 4.39 Å². The van der Waals surface area contributed by atoms with Gasteiger partial charge in [-0.3, -0.25) is 9.59 Å². The third kappa shape index (κ3) is 4.38. The van der Waals surface area contributed by atoms with E-state index in [-0.39, 0.29) is 17.5 Å². The first-order valence-corrected chi connectivity index (χ1v) is 6.40. The fraction of sp³-hybridized carbons (Fsp3) is 0.0588. The highest BCUT2D eigenvalue weighted by Crippen LogP contribution is 2.12. The predicted octanol–water partition coefficient (Wildman–Crippen LogP) is 3.68. The van der Waals surface area contributed by atoms with Crippen LogP contribution in [0, 0.1) is 5.82 Å². The van der Waals surface area contributed by atoms with Gasteiger partial charge in [0.15, 0.2) is 5.78 Å². The van der Waals surface area contributed by atoms with Gasteiger partial charge in [-0.1, -0.05) is 18.2 Å². The minimum atomic E-state index is -0.371. The Bertz CT molecular complexity index is 673. The van der Waals surface area contributed by atoms with Crippen LogP contribution < -0.4 is 5.32 Å². The van der Waals surface area contributed by atoms with Gasteiger partial charge in [0, 0.05) is 18.2 Å². The van der Waals surface area contributed by atoms with Crippen LogP contribution in [0.1, 0.15) is 22.8 Å². The summed E-state index contributed by atoms with van der Waals surface area (Å²) in [5, 5.41) is 2.66. The average Bonchev–Trinajstić information content (AvgIpc) is 2.46. The van der Waals surface area contributed by atoms with Crippen molar-refractivity contribution in [3.05, 3.63) is 71.6 Å². The monoisotopic (exact) mass is 283 g/mol. The van der Waals surface area contributed by atoms with E-state index in [1.165, 1.54) is 37.3 Å². The van der Waals surface area contributed by atoms with Gasteiger partial charge in [0.25, 0.3) is 0 Å². The van der Waals surface area contributed by atoms with Gasteiger partial charge in [-0.2, -0.15) is 0 Å². The van der Waals surface area contributed by atoms with Crippen LogP contribution in [0.3, 0.4) is 0 Å². The predicted molar refractivity (Wildman–Crippen MR) is 80.5 cm³/mol. The third-order valence-corrected chi connectivity index (χ3v) is 2.79. The van der Waals surface area contributed by atoms with E-state index in [1.807, 2.05) is 0 Å². The minimum absolute atomic E-state index is 0.134. The molecule has 0 aliphatic carbocycles. The molecule has 0 atom stereocenters. The van der Waals surface area contributed by atoms with Crippen molar-refractivity contribution < 1.29 is 14.0 Å². The van der Waals surface area contributed by atoms with Gasteiger partial charge in [-0.05, 0) is 48.0 Å². The Kier molecular flexibility index (Phi) is 4.61. The third-order valence-electron chi connectivity index (χ3n) is 2.79. The summed E-state index contributed by atoms with van der Waals surface area (Å²) in [6, 6.07) is 12.5. The van der Waals surface area contributed by atoms with Gasteiger partial charge in [0.1, 0.15) is 5.82 Å². The Morgan fingerprint density at radius 3 is 2.19 bits per heavy atom. The summed E-state index contributed by atoms with van der Waals surface area (Å²) in [6.07, 6.45) is 3.10. The number of halogens is 1. The molecule has 2 rings (SSSR count). The molecule has 0 heterocycles. The zero-order valence-corrected chi connectivity index (χ0v) is 11.5. The lowest BCUT2D eigenvalue weighted by Crippen LogP contribution is -2.05. The van der Waals surface area contributed by atoms with Crippen molar-refractivity contribution in [3.8, 4) is 0 Å². The van der Waals surface area contributed by atoms with E-state index in [1.54, 1.807) is 30.3 Å². The highest BCUT2D eigenvalue weighted by Gasteiger charge is 2.01. The molecular formula is C17H14FNO2. The Labute approximate surface area is 122 Å². The molecule has 0 aromatic heterocycles. The molecule has 0 bridgehead atoms. The second kappa shape index (κ2) is 6.61. The quantitative estimate of drug-likeness (QED) is 0.687. The largest absolute Gasteiger partial charge is 0.326 e. The van der Waals surface area contributed by atoms with Crippen LogP contribution >= 0.6 is 0 Å². The highest BCUT2D eigenvalue weighted by molar-refractivity contribution is 6.06. The number of carbonyl (C=O) groups is 2. The van der Waals surface area contributed by atoms with Gasteiger partial charge in [0.05, 0.1) is 0 Å². The molecule has 106 valence electrons. The van der Waals surface area contributed by atoms with Crippen molar-refractivity contribution in [2.75, 3.05) is 5.32 Å². The molecule has 4 heteroatoms. The van der Waals surface area contributed by atoms with E-state index in [0.717, 1.165) is 5.56 Å². The number of carbonyl (C=O) groups excluding carboxylic acids is 2. The molecule has 1 amide bonds. The smallest absolute Gasteiger partial charge is 0.221 e. The first-order chi connectivity index (χ1) is 10.0. The topological polar surface area (TPSA) is 46.2 Å². The van der Waals surface area contributed by atoms with Gasteiger partial charge < -0.3 is 5.32 Å². The second-order valence-electron chi connectivity index (χ2n) is 4.51. The van der Waals surface area contributed by atoms with Crippen LogP contribution in [0.5, 0.6) is 0 Å². The first-order valence-electron chi connectivity index (χ1n) is 6.40. The van der Waals surface area contributed by atoms with Crippen LogP contribution in [-0.4, -0.2) is 11.7 Å². The van der Waals surface area contributed by atoms with Gasteiger partial charge in [0.2, 0.25) is 5.91 Å². The van der Waals surface area contributed by atoms with Crippen LogP contribution in [0.15, 0.2) is 54.6 Å². The molecule has 0 radical (unpaired) electrons. The SMILES string of the molecule is CC(=O)Nc1ccc(C=CC(=O)c2ccc(F)cc2)cc1. The molecular weight excluding hydrogens is 269 g/mol. The number of nitrogens with one attached hydrogen (secondary N) is 1. The molecule has 2 aromatic rings. The molecule has 0 saturated heterocycles. The molecule has 0 aliphatic heterocycles. The van der Waals surface area contributed by atoms with E-state index in [9.17, 15) is 14.0 Å². The summed E-state index contributed by atoms with van der Waals surface area (Å²) in [4.78, 5) is 22.8. The van der Waals surface area contributed by atoms with Crippen molar-refractivity contribution in [1.82, 2.24) is 0 Å². The van der Waals surface area contributed by atoms with Crippen molar-refractivity contribution >= 4 is 23.5 Å². The molecule has 0 saturated carbocycles. The van der Waals surface area contributed by atoms with Crippen molar-refractivity contribution in [3.63, 3.8) is 0 Å². The summed E-state index contributed by atoms with van der Waals surface area (Å²) in [6.45, 7) is 1.44. The summed E-state index contributed by atoms with van der Waals surface area (Å²) in [5.41, 5.74) is 1.96. The molecule has 0 aliphatic rings. The second-order valence-corrected chi connectivity index (χ2v) is 4.51. The zero-order chi connectivity index (χ0) is 15.2. The van der Waals surface area contributed by atoms with Crippen LogP contribution in [0.4, 0.5) is 10.1 Å². The molecule has 1 N–H and O–H groups in total. The average molecular weight is 283 g/mol.